The summed E-state index contributed by atoms with van der Waals surface area (Å²) in [6.07, 6.45) is 1.09. The van der Waals surface area contributed by atoms with Gasteiger partial charge in [0.05, 0.1) is 22.2 Å². The van der Waals surface area contributed by atoms with Gasteiger partial charge in [-0.15, -0.1) is 11.3 Å². The maximum atomic E-state index is 10.9. The molecule has 0 unspecified atom stereocenters. The van der Waals surface area contributed by atoms with Crippen molar-refractivity contribution in [3.63, 3.8) is 0 Å². The number of thiazole rings is 1. The summed E-state index contributed by atoms with van der Waals surface area (Å²) in [4.78, 5) is 22.1. The lowest BCUT2D eigenvalue weighted by Gasteiger charge is -2.05. The molecule has 0 fully saturated rings. The van der Waals surface area contributed by atoms with Gasteiger partial charge in [0.1, 0.15) is 6.20 Å². The highest BCUT2D eigenvalue weighted by atomic mass is 32.1. The van der Waals surface area contributed by atoms with Gasteiger partial charge >= 0.3 is 5.69 Å². The van der Waals surface area contributed by atoms with E-state index in [1.807, 2.05) is 12.3 Å². The maximum absolute atomic E-state index is 10.9. The van der Waals surface area contributed by atoms with E-state index < -0.39 is 4.92 Å². The van der Waals surface area contributed by atoms with E-state index in [-0.39, 0.29) is 17.5 Å². The number of anilines is 2. The van der Waals surface area contributed by atoms with Gasteiger partial charge in [-0.2, -0.15) is 4.98 Å². The second kappa shape index (κ2) is 5.54. The number of nitrogen functional groups attached to an aromatic ring is 1. The average molecular weight is 281 g/mol. The standard InChI is InChI=1S/C9H11N7O2S/c1-5-13-6(4-19-5)2-11-8-7(16(17)18)3-12-9(14-8)15-10/h3-4H,2,10H2,1H3,(H2,11,12,14,15). The Balaban J connectivity index is 2.19. The van der Waals surface area contributed by atoms with E-state index in [4.69, 9.17) is 5.84 Å². The van der Waals surface area contributed by atoms with Crippen LogP contribution in [0.25, 0.3) is 0 Å². The molecule has 0 radical (unpaired) electrons. The third kappa shape index (κ3) is 3.11. The molecule has 0 amide bonds. The van der Waals surface area contributed by atoms with E-state index in [1.165, 1.54) is 11.3 Å². The second-order valence-corrected chi connectivity index (χ2v) is 4.60. The zero-order valence-electron chi connectivity index (χ0n) is 9.95. The number of hydrogen-bond acceptors (Lipinski definition) is 9. The second-order valence-electron chi connectivity index (χ2n) is 3.54. The lowest BCUT2D eigenvalue weighted by molar-refractivity contribution is -0.384. The molecule has 0 aliphatic heterocycles. The van der Waals surface area contributed by atoms with Gasteiger partial charge in [0.15, 0.2) is 0 Å². The van der Waals surface area contributed by atoms with Crippen LogP contribution in [0.4, 0.5) is 17.5 Å². The summed E-state index contributed by atoms with van der Waals surface area (Å²) in [7, 11) is 0. The Morgan fingerprint density at radius 1 is 1.53 bits per heavy atom. The van der Waals surface area contributed by atoms with Crippen LogP contribution >= 0.6 is 11.3 Å². The molecule has 2 aromatic rings. The number of hydrazine groups is 1. The van der Waals surface area contributed by atoms with E-state index >= 15 is 0 Å². The maximum Gasteiger partial charge on any atom is 0.329 e. The fraction of sp³-hybridized carbons (Fsp3) is 0.222. The normalized spacial score (nSPS) is 10.2. The van der Waals surface area contributed by atoms with Crippen molar-refractivity contribution in [2.45, 2.75) is 13.5 Å². The molecule has 0 spiro atoms. The summed E-state index contributed by atoms with van der Waals surface area (Å²) in [5, 5.41) is 16.5. The summed E-state index contributed by atoms with van der Waals surface area (Å²) >= 11 is 1.51. The van der Waals surface area contributed by atoms with Crippen LogP contribution < -0.4 is 16.6 Å². The molecular weight excluding hydrogens is 270 g/mol. The van der Waals surface area contributed by atoms with Crippen LogP contribution in [0, 0.1) is 17.0 Å². The number of aryl methyl sites for hydroxylation is 1. The summed E-state index contributed by atoms with van der Waals surface area (Å²) in [6, 6.07) is 0. The molecule has 0 bridgehead atoms. The van der Waals surface area contributed by atoms with E-state index in [9.17, 15) is 10.1 Å². The van der Waals surface area contributed by atoms with Crippen LogP contribution in [0.5, 0.6) is 0 Å². The van der Waals surface area contributed by atoms with Crippen LogP contribution in [0.1, 0.15) is 10.7 Å². The minimum atomic E-state index is -0.561. The number of nitrogens with one attached hydrogen (secondary N) is 2. The Hall–Kier alpha value is -2.33. The Labute approximate surface area is 112 Å². The van der Waals surface area contributed by atoms with Crippen molar-refractivity contribution < 1.29 is 4.92 Å². The molecule has 0 aromatic carbocycles. The molecule has 0 saturated heterocycles. The van der Waals surface area contributed by atoms with Gasteiger partial charge in [0.2, 0.25) is 11.8 Å². The minimum Gasteiger partial charge on any atom is -0.359 e. The average Bonchev–Trinajstić information content (AvgIpc) is 2.81. The highest BCUT2D eigenvalue weighted by Gasteiger charge is 2.17. The van der Waals surface area contributed by atoms with Crippen molar-refractivity contribution in [1.29, 1.82) is 0 Å². The molecule has 19 heavy (non-hydrogen) atoms. The molecule has 0 atom stereocenters. The van der Waals surface area contributed by atoms with Gasteiger partial charge in [0.25, 0.3) is 0 Å². The van der Waals surface area contributed by atoms with Gasteiger partial charge in [-0.05, 0) is 6.92 Å². The van der Waals surface area contributed by atoms with Crippen LogP contribution in [0.2, 0.25) is 0 Å². The smallest absolute Gasteiger partial charge is 0.329 e. The van der Waals surface area contributed by atoms with Crippen molar-refractivity contribution in [3.05, 3.63) is 32.4 Å². The number of rotatable bonds is 5. The third-order valence-electron chi connectivity index (χ3n) is 2.20. The minimum absolute atomic E-state index is 0.0959. The number of nitro groups is 1. The fourth-order valence-electron chi connectivity index (χ4n) is 1.37. The summed E-state index contributed by atoms with van der Waals surface area (Å²) < 4.78 is 0. The molecular formula is C9H11N7O2S. The Morgan fingerprint density at radius 3 is 2.89 bits per heavy atom. The number of nitrogens with zero attached hydrogens (tertiary/aromatic N) is 4. The van der Waals surface area contributed by atoms with Crippen molar-refractivity contribution in [2.24, 2.45) is 5.84 Å². The zero-order valence-corrected chi connectivity index (χ0v) is 10.8. The molecule has 2 rings (SSSR count). The lowest BCUT2D eigenvalue weighted by atomic mass is 10.4. The molecule has 0 aliphatic rings. The monoisotopic (exact) mass is 281 g/mol. The first-order valence-corrected chi connectivity index (χ1v) is 6.11. The van der Waals surface area contributed by atoms with E-state index in [1.54, 1.807) is 0 Å². The van der Waals surface area contributed by atoms with Gasteiger partial charge in [-0.1, -0.05) is 0 Å². The Morgan fingerprint density at radius 2 is 2.32 bits per heavy atom. The summed E-state index contributed by atoms with van der Waals surface area (Å²) in [6.45, 7) is 2.23. The van der Waals surface area contributed by atoms with Crippen molar-refractivity contribution in [3.8, 4) is 0 Å². The van der Waals surface area contributed by atoms with Crippen molar-refractivity contribution in [1.82, 2.24) is 15.0 Å². The van der Waals surface area contributed by atoms with Crippen molar-refractivity contribution >= 4 is 28.8 Å². The van der Waals surface area contributed by atoms with Crippen molar-refractivity contribution in [2.75, 3.05) is 10.7 Å². The van der Waals surface area contributed by atoms with E-state index in [2.05, 4.69) is 25.7 Å². The first-order valence-electron chi connectivity index (χ1n) is 5.23. The van der Waals surface area contributed by atoms with E-state index in [0.717, 1.165) is 16.9 Å². The molecule has 2 aromatic heterocycles. The van der Waals surface area contributed by atoms with E-state index in [0.29, 0.717) is 6.54 Å². The largest absolute Gasteiger partial charge is 0.359 e. The van der Waals surface area contributed by atoms with Crippen LogP contribution in [0.15, 0.2) is 11.6 Å². The Kier molecular flexibility index (Phi) is 3.82. The molecule has 10 heteroatoms. The highest BCUT2D eigenvalue weighted by molar-refractivity contribution is 7.09. The molecule has 100 valence electrons. The molecule has 0 saturated carbocycles. The summed E-state index contributed by atoms with van der Waals surface area (Å²) in [5.41, 5.74) is 2.81. The first kappa shape index (κ1) is 13.1. The third-order valence-corrected chi connectivity index (χ3v) is 3.02. The van der Waals surface area contributed by atoms with Crippen LogP contribution in [0.3, 0.4) is 0 Å². The molecule has 2 heterocycles. The Bertz CT molecular complexity index is 600. The topological polar surface area (TPSA) is 132 Å². The lowest BCUT2D eigenvalue weighted by Crippen LogP contribution is -2.13. The number of nitrogens with two attached hydrogens (primary N) is 1. The SMILES string of the molecule is Cc1nc(CNc2nc(NN)ncc2[N+](=O)[O-])cs1. The molecule has 9 nitrogen and oxygen atoms in total. The highest BCUT2D eigenvalue weighted by Crippen LogP contribution is 2.22. The van der Waals surface area contributed by atoms with Gasteiger partial charge in [-0.3, -0.25) is 15.5 Å². The number of aromatic nitrogens is 3. The van der Waals surface area contributed by atoms with Crippen LogP contribution in [-0.2, 0) is 6.54 Å². The van der Waals surface area contributed by atoms with Crippen LogP contribution in [-0.4, -0.2) is 19.9 Å². The fourth-order valence-corrected chi connectivity index (χ4v) is 1.99. The van der Waals surface area contributed by atoms with Gasteiger partial charge in [0, 0.05) is 5.38 Å². The molecule has 0 aliphatic carbocycles. The first-order chi connectivity index (χ1) is 9.10. The predicted octanol–water partition coefficient (Wildman–Crippen LogP) is 1.05. The quantitative estimate of drug-likeness (QED) is 0.421. The predicted molar refractivity (Wildman–Crippen MR) is 70.7 cm³/mol. The zero-order chi connectivity index (χ0) is 13.8. The van der Waals surface area contributed by atoms with Gasteiger partial charge < -0.3 is 5.32 Å². The van der Waals surface area contributed by atoms with Gasteiger partial charge in [-0.25, -0.2) is 15.8 Å². The summed E-state index contributed by atoms with van der Waals surface area (Å²) in [5.74, 6) is 5.37. The molecule has 4 N–H and O–H groups in total. The number of hydrogen-bond donors (Lipinski definition) is 3.